The molecule has 1 nitrogen and oxygen atoms in total. The molecule has 0 aliphatic carbocycles. The van der Waals surface area contributed by atoms with Gasteiger partial charge in [-0.25, -0.2) is 0 Å². The van der Waals surface area contributed by atoms with Gasteiger partial charge < -0.3 is 4.90 Å². The van der Waals surface area contributed by atoms with Crippen molar-refractivity contribution in [3.05, 3.63) is 211 Å². The molecule has 0 radical (unpaired) electrons. The average molecular weight is 690 g/mol. The fraction of sp³-hybridized carbons (Fsp3) is 0.115. The number of aryl methyl sites for hydroxylation is 2. The van der Waals surface area contributed by atoms with Crippen molar-refractivity contribution in [1.82, 2.24) is 0 Å². The fourth-order valence-electron chi connectivity index (χ4n) is 6.12. The van der Waals surface area contributed by atoms with Crippen molar-refractivity contribution in [2.45, 2.75) is 41.5 Å². The molecule has 53 heavy (non-hydrogen) atoms. The lowest BCUT2D eigenvalue weighted by molar-refractivity contribution is 1.29. The summed E-state index contributed by atoms with van der Waals surface area (Å²) < 4.78 is 0. The van der Waals surface area contributed by atoms with E-state index in [4.69, 9.17) is 0 Å². The van der Waals surface area contributed by atoms with Crippen LogP contribution in [-0.4, -0.2) is 0 Å². The number of rotatable bonds is 6. The summed E-state index contributed by atoms with van der Waals surface area (Å²) in [6.07, 6.45) is 0. The maximum Gasteiger partial charge on any atom is 0.0468 e. The van der Waals surface area contributed by atoms with Crippen LogP contribution in [0.25, 0.3) is 44.2 Å². The number of nitrogens with zero attached hydrogens (tertiary/aromatic N) is 1. The normalized spacial score (nSPS) is 10.1. The molecule has 0 bridgehead atoms. The highest BCUT2D eigenvalue weighted by Crippen LogP contribution is 2.38. The highest BCUT2D eigenvalue weighted by atomic mass is 15.1. The average Bonchev–Trinajstić information content (AvgIpc) is 3.24. The lowest BCUT2D eigenvalue weighted by Crippen LogP contribution is -2.09. The van der Waals surface area contributed by atoms with E-state index in [0.29, 0.717) is 0 Å². The van der Waals surface area contributed by atoms with Crippen molar-refractivity contribution < 1.29 is 0 Å². The highest BCUT2D eigenvalue weighted by Gasteiger charge is 2.14. The fourth-order valence-corrected chi connectivity index (χ4v) is 6.12. The second-order valence-corrected chi connectivity index (χ2v) is 12.4. The molecule has 264 valence electrons. The number of benzene rings is 8. The van der Waals surface area contributed by atoms with Gasteiger partial charge in [0.05, 0.1) is 0 Å². The van der Waals surface area contributed by atoms with Crippen LogP contribution < -0.4 is 4.90 Å². The molecule has 0 N–H and O–H groups in total. The monoisotopic (exact) mass is 689 g/mol. The van der Waals surface area contributed by atoms with E-state index in [-0.39, 0.29) is 0 Å². The second-order valence-electron chi connectivity index (χ2n) is 12.4. The van der Waals surface area contributed by atoms with E-state index >= 15 is 0 Å². The summed E-state index contributed by atoms with van der Waals surface area (Å²) in [5.74, 6) is 0. The molecule has 8 rings (SSSR count). The largest absolute Gasteiger partial charge is 0.310 e. The Hall–Kier alpha value is -6.18. The number of anilines is 3. The molecule has 8 aromatic carbocycles. The standard InChI is InChI=1S/C35H27N.C13H12.2C2H6/c1-26-11-13-29(14-12-26)31-17-22-34(23-18-31)36(35-24-19-28-9-5-6-10-32(28)25-35)33-20-15-30(16-21-33)27-7-3-2-4-8-27;1-11-7-9-13(10-8-11)12-5-3-2-4-6-12;2*1-2/h2-25H,1H3;2-10H,1H3;2*1-2H3. The third-order valence-corrected chi connectivity index (χ3v) is 8.89. The van der Waals surface area contributed by atoms with Crippen molar-refractivity contribution in [2.75, 3.05) is 4.90 Å². The molecule has 0 amide bonds. The summed E-state index contributed by atoms with van der Waals surface area (Å²) in [4.78, 5) is 2.33. The van der Waals surface area contributed by atoms with Crippen molar-refractivity contribution in [3.63, 3.8) is 0 Å². The summed E-state index contributed by atoms with van der Waals surface area (Å²) in [6.45, 7) is 12.2. The zero-order valence-electron chi connectivity index (χ0n) is 32.0. The molecule has 0 saturated heterocycles. The molecule has 8 aromatic rings. The molecule has 0 aliphatic rings. The van der Waals surface area contributed by atoms with Crippen molar-refractivity contribution in [2.24, 2.45) is 0 Å². The first-order chi connectivity index (χ1) is 26.1. The van der Waals surface area contributed by atoms with E-state index < -0.39 is 0 Å². The van der Waals surface area contributed by atoms with E-state index in [9.17, 15) is 0 Å². The first kappa shape index (κ1) is 38.1. The van der Waals surface area contributed by atoms with Gasteiger partial charge in [-0.3, -0.25) is 0 Å². The Kier molecular flexibility index (Phi) is 14.0. The molecule has 0 saturated carbocycles. The SMILES string of the molecule is CC.CC.Cc1ccc(-c2ccc(N(c3ccc(-c4ccccc4)cc3)c3ccc4ccccc4c3)cc2)cc1.Cc1ccc(-c2ccccc2)cc1. The summed E-state index contributed by atoms with van der Waals surface area (Å²) in [7, 11) is 0. The molecule has 0 aliphatic heterocycles. The minimum absolute atomic E-state index is 1.13. The van der Waals surface area contributed by atoms with Crippen LogP contribution in [-0.2, 0) is 0 Å². The van der Waals surface area contributed by atoms with Crippen molar-refractivity contribution in [1.29, 1.82) is 0 Å². The summed E-state index contributed by atoms with van der Waals surface area (Å²) in [5.41, 5.74) is 13.4. The van der Waals surface area contributed by atoms with Gasteiger partial charge in [0.15, 0.2) is 0 Å². The topological polar surface area (TPSA) is 3.24 Å². The van der Waals surface area contributed by atoms with Crippen LogP contribution in [0.4, 0.5) is 17.1 Å². The lowest BCUT2D eigenvalue weighted by atomic mass is 10.0. The summed E-state index contributed by atoms with van der Waals surface area (Å²) >= 11 is 0. The Morgan fingerprint density at radius 1 is 0.264 bits per heavy atom. The van der Waals surface area contributed by atoms with E-state index in [1.54, 1.807) is 0 Å². The molecule has 0 spiro atoms. The van der Waals surface area contributed by atoms with Gasteiger partial charge in [0, 0.05) is 17.1 Å². The third kappa shape index (κ3) is 10.00. The maximum atomic E-state index is 2.33. The van der Waals surface area contributed by atoms with Gasteiger partial charge >= 0.3 is 0 Å². The van der Waals surface area contributed by atoms with Gasteiger partial charge in [0.25, 0.3) is 0 Å². The van der Waals surface area contributed by atoms with Crippen molar-refractivity contribution in [3.8, 4) is 33.4 Å². The zero-order valence-corrected chi connectivity index (χ0v) is 32.0. The smallest absolute Gasteiger partial charge is 0.0468 e. The van der Waals surface area contributed by atoms with E-state index in [1.165, 1.54) is 55.3 Å². The van der Waals surface area contributed by atoms with Gasteiger partial charge in [0.2, 0.25) is 0 Å². The summed E-state index contributed by atoms with van der Waals surface area (Å²) in [5, 5.41) is 2.48. The Morgan fingerprint density at radius 3 is 0.962 bits per heavy atom. The Balaban J connectivity index is 0.000000266. The van der Waals surface area contributed by atoms with Gasteiger partial charge in [-0.1, -0.05) is 203 Å². The van der Waals surface area contributed by atoms with E-state index in [0.717, 1.165) is 17.1 Å². The van der Waals surface area contributed by atoms with Crippen LogP contribution in [0.5, 0.6) is 0 Å². The predicted molar refractivity (Wildman–Crippen MR) is 234 cm³/mol. The molecule has 0 fully saturated rings. The Labute approximate surface area is 317 Å². The molecular formula is C52H51N. The Morgan fingerprint density at radius 2 is 0.566 bits per heavy atom. The Bertz CT molecular complexity index is 2230. The van der Waals surface area contributed by atoms with E-state index in [1.807, 2.05) is 33.8 Å². The molecule has 0 heterocycles. The summed E-state index contributed by atoms with van der Waals surface area (Å²) in [6, 6.07) is 71.2. The van der Waals surface area contributed by atoms with Crippen LogP contribution in [0.1, 0.15) is 38.8 Å². The predicted octanol–water partition coefficient (Wildman–Crippen LogP) is 15.7. The van der Waals surface area contributed by atoms with Gasteiger partial charge in [-0.05, 0) is 94.4 Å². The molecule has 0 atom stereocenters. The van der Waals surface area contributed by atoms with Gasteiger partial charge in [-0.15, -0.1) is 0 Å². The molecule has 0 aromatic heterocycles. The number of hydrogen-bond acceptors (Lipinski definition) is 1. The number of fused-ring (bicyclic) bond motifs is 1. The lowest BCUT2D eigenvalue weighted by Gasteiger charge is -2.26. The van der Waals surface area contributed by atoms with Gasteiger partial charge in [0.1, 0.15) is 0 Å². The molecular weight excluding hydrogens is 639 g/mol. The maximum absolute atomic E-state index is 2.33. The van der Waals surface area contributed by atoms with Crippen LogP contribution in [0.15, 0.2) is 200 Å². The first-order valence-electron chi connectivity index (χ1n) is 18.8. The van der Waals surface area contributed by atoms with Crippen LogP contribution >= 0.6 is 0 Å². The minimum Gasteiger partial charge on any atom is -0.310 e. The highest BCUT2D eigenvalue weighted by molar-refractivity contribution is 5.89. The van der Waals surface area contributed by atoms with Crippen LogP contribution in [0.3, 0.4) is 0 Å². The first-order valence-corrected chi connectivity index (χ1v) is 18.8. The minimum atomic E-state index is 1.13. The van der Waals surface area contributed by atoms with Crippen molar-refractivity contribution >= 4 is 27.8 Å². The molecule has 0 unspecified atom stereocenters. The second kappa shape index (κ2) is 19.4. The van der Waals surface area contributed by atoms with E-state index in [2.05, 4.69) is 213 Å². The van der Waals surface area contributed by atoms with Crippen LogP contribution in [0, 0.1) is 13.8 Å². The quantitative estimate of drug-likeness (QED) is 0.168. The molecule has 1 heteroatoms. The number of hydrogen-bond donors (Lipinski definition) is 0. The third-order valence-electron chi connectivity index (χ3n) is 8.89. The zero-order chi connectivity index (χ0) is 37.4. The van der Waals surface area contributed by atoms with Crippen LogP contribution in [0.2, 0.25) is 0 Å². The van der Waals surface area contributed by atoms with Gasteiger partial charge in [-0.2, -0.15) is 0 Å².